The summed E-state index contributed by atoms with van der Waals surface area (Å²) in [6, 6.07) is 25.5. The van der Waals surface area contributed by atoms with Crippen molar-refractivity contribution >= 4 is 29.7 Å². The van der Waals surface area contributed by atoms with Gasteiger partial charge in [-0.05, 0) is 38.1 Å². The number of benzene rings is 3. The van der Waals surface area contributed by atoms with Crippen LogP contribution >= 0.6 is 7.37 Å². The van der Waals surface area contributed by atoms with Crippen molar-refractivity contribution in [3.63, 3.8) is 0 Å². The number of aryl methyl sites for hydroxylation is 1. The quantitative estimate of drug-likeness (QED) is 0.244. The maximum absolute atomic E-state index is 14.2. The van der Waals surface area contributed by atoms with Crippen molar-refractivity contribution in [1.82, 2.24) is 0 Å². The smallest absolute Gasteiger partial charge is 0.334 e. The number of carbonyl (C=O) groups excluding carboxylic acids is 1. The van der Waals surface area contributed by atoms with E-state index >= 15 is 0 Å². The van der Waals surface area contributed by atoms with Gasteiger partial charge >= 0.3 is 13.3 Å². The third-order valence-corrected chi connectivity index (χ3v) is 6.70. The molecule has 0 fully saturated rings. The molecule has 0 aliphatic rings. The predicted molar refractivity (Wildman–Crippen MR) is 117 cm³/mol. The van der Waals surface area contributed by atoms with Gasteiger partial charge in [0, 0.05) is 5.56 Å². The summed E-state index contributed by atoms with van der Waals surface area (Å²) in [7, 11) is -3.51. The van der Waals surface area contributed by atoms with E-state index in [4.69, 9.17) is 9.26 Å². The molecule has 3 rings (SSSR count). The lowest BCUT2D eigenvalue weighted by Gasteiger charge is -2.22. The van der Waals surface area contributed by atoms with Crippen LogP contribution in [-0.2, 0) is 18.6 Å². The van der Waals surface area contributed by atoms with Gasteiger partial charge in [-0.1, -0.05) is 66.2 Å². The van der Waals surface area contributed by atoms with Crippen molar-refractivity contribution in [2.75, 3.05) is 6.61 Å². The van der Waals surface area contributed by atoms with Gasteiger partial charge in [0.25, 0.3) is 0 Å². The third-order valence-electron chi connectivity index (χ3n) is 4.29. The van der Waals surface area contributed by atoms with Gasteiger partial charge < -0.3 is 9.26 Å². The van der Waals surface area contributed by atoms with Crippen molar-refractivity contribution in [3.05, 3.63) is 102 Å². The van der Waals surface area contributed by atoms with E-state index < -0.39 is 13.3 Å². The Hall–Kier alpha value is -3.10. The highest BCUT2D eigenvalue weighted by Crippen LogP contribution is 2.48. The van der Waals surface area contributed by atoms with Gasteiger partial charge in [0.15, 0.2) is 0 Å². The summed E-state index contributed by atoms with van der Waals surface area (Å²) < 4.78 is 25.4. The van der Waals surface area contributed by atoms with Crippen molar-refractivity contribution in [1.29, 1.82) is 0 Å². The van der Waals surface area contributed by atoms with Crippen LogP contribution in [0, 0.1) is 6.92 Å². The fourth-order valence-corrected chi connectivity index (χ4v) is 4.89. The molecule has 0 aliphatic carbocycles. The molecule has 148 valence electrons. The summed E-state index contributed by atoms with van der Waals surface area (Å²) in [6.07, 6.45) is 1.26. The Morgan fingerprint density at radius 1 is 0.862 bits per heavy atom. The molecule has 4 nitrogen and oxygen atoms in total. The van der Waals surface area contributed by atoms with Crippen LogP contribution in [0.5, 0.6) is 0 Å². The van der Waals surface area contributed by atoms with E-state index in [-0.39, 0.29) is 12.4 Å². The van der Waals surface area contributed by atoms with Crippen molar-refractivity contribution < 1.29 is 18.6 Å². The summed E-state index contributed by atoms with van der Waals surface area (Å²) in [5, 5.41) is 1.10. The number of ether oxygens (including phenoxy) is 1. The predicted octanol–water partition coefficient (Wildman–Crippen LogP) is 4.84. The molecule has 0 atom stereocenters. The van der Waals surface area contributed by atoms with Crippen LogP contribution in [0.4, 0.5) is 0 Å². The molecule has 0 N–H and O–H groups in total. The molecule has 3 aromatic rings. The van der Waals surface area contributed by atoms with Gasteiger partial charge in [-0.3, -0.25) is 4.57 Å². The van der Waals surface area contributed by atoms with Crippen LogP contribution in [0.15, 0.2) is 91.0 Å². The van der Waals surface area contributed by atoms with Crippen molar-refractivity contribution in [2.45, 2.75) is 13.8 Å². The SMILES string of the molecule is CCOC(=O)/C=C(/OP(=O)(c1ccccc1)c1ccccc1)c1ccc(C)cc1. The highest BCUT2D eigenvalue weighted by Gasteiger charge is 2.31. The number of carbonyl (C=O) groups is 1. The Labute approximate surface area is 171 Å². The number of rotatable bonds is 7. The molecule has 0 heterocycles. The fraction of sp³-hybridized carbons (Fsp3) is 0.125. The zero-order valence-electron chi connectivity index (χ0n) is 16.4. The molecule has 0 aromatic heterocycles. The van der Waals surface area contributed by atoms with Crippen LogP contribution in [0.1, 0.15) is 18.1 Å². The fourth-order valence-electron chi connectivity index (χ4n) is 2.81. The van der Waals surface area contributed by atoms with E-state index in [0.29, 0.717) is 16.2 Å². The van der Waals surface area contributed by atoms with Gasteiger partial charge in [-0.2, -0.15) is 0 Å². The monoisotopic (exact) mass is 406 g/mol. The van der Waals surface area contributed by atoms with Crippen molar-refractivity contribution in [2.24, 2.45) is 0 Å². The van der Waals surface area contributed by atoms with E-state index in [0.717, 1.165) is 5.56 Å². The highest BCUT2D eigenvalue weighted by atomic mass is 31.2. The minimum absolute atomic E-state index is 0.208. The molecule has 0 bridgehead atoms. The lowest BCUT2D eigenvalue weighted by atomic mass is 10.1. The van der Waals surface area contributed by atoms with E-state index in [2.05, 4.69) is 0 Å². The van der Waals surface area contributed by atoms with Gasteiger partial charge in [-0.15, -0.1) is 0 Å². The molecule has 0 spiro atoms. The molecule has 29 heavy (non-hydrogen) atoms. The Balaban J connectivity index is 2.12. The molecule has 3 aromatic carbocycles. The maximum Gasteiger partial charge on any atom is 0.334 e. The molecule has 0 radical (unpaired) electrons. The number of hydrogen-bond acceptors (Lipinski definition) is 4. The lowest BCUT2D eigenvalue weighted by Crippen LogP contribution is -2.18. The molecular weight excluding hydrogens is 383 g/mol. The Morgan fingerprint density at radius 2 is 1.38 bits per heavy atom. The number of hydrogen-bond donors (Lipinski definition) is 0. The third kappa shape index (κ3) is 5.04. The van der Waals surface area contributed by atoms with Crippen molar-refractivity contribution in [3.8, 4) is 0 Å². The van der Waals surface area contributed by atoms with Crippen LogP contribution in [0.3, 0.4) is 0 Å². The first-order valence-corrected chi connectivity index (χ1v) is 11.0. The largest absolute Gasteiger partial charge is 0.463 e. The van der Waals surface area contributed by atoms with Crippen LogP contribution < -0.4 is 10.6 Å². The van der Waals surface area contributed by atoms with E-state index in [1.807, 2.05) is 67.6 Å². The van der Waals surface area contributed by atoms with E-state index in [1.165, 1.54) is 6.08 Å². The zero-order valence-corrected chi connectivity index (χ0v) is 17.3. The van der Waals surface area contributed by atoms with Crippen LogP contribution in [0.25, 0.3) is 5.76 Å². The van der Waals surface area contributed by atoms with E-state index in [9.17, 15) is 9.36 Å². The minimum Gasteiger partial charge on any atom is -0.463 e. The lowest BCUT2D eigenvalue weighted by molar-refractivity contribution is -0.137. The molecule has 0 saturated carbocycles. The highest BCUT2D eigenvalue weighted by molar-refractivity contribution is 7.74. The number of esters is 1. The second kappa shape index (κ2) is 9.40. The van der Waals surface area contributed by atoms with Gasteiger partial charge in [0.05, 0.1) is 23.3 Å². The topological polar surface area (TPSA) is 52.6 Å². The minimum atomic E-state index is -3.51. The second-order valence-corrected chi connectivity index (χ2v) is 8.76. The average molecular weight is 406 g/mol. The van der Waals surface area contributed by atoms with Gasteiger partial charge in [0.1, 0.15) is 5.76 Å². The average Bonchev–Trinajstić information content (AvgIpc) is 2.75. The first-order valence-electron chi connectivity index (χ1n) is 9.39. The summed E-state index contributed by atoms with van der Waals surface area (Å²) >= 11 is 0. The molecule has 0 amide bonds. The Kier molecular flexibility index (Phi) is 6.69. The first kappa shape index (κ1) is 20.6. The molecule has 5 heteroatoms. The first-order chi connectivity index (χ1) is 14.0. The summed E-state index contributed by atoms with van der Waals surface area (Å²) in [4.78, 5) is 12.2. The molecule has 0 unspecified atom stereocenters. The molecule has 0 aliphatic heterocycles. The van der Waals surface area contributed by atoms with Gasteiger partial charge in [0.2, 0.25) is 0 Å². The molecular formula is C24H23O4P. The van der Waals surface area contributed by atoms with Crippen LogP contribution in [-0.4, -0.2) is 12.6 Å². The summed E-state index contributed by atoms with van der Waals surface area (Å²) in [6.45, 7) is 3.95. The Morgan fingerprint density at radius 3 is 1.86 bits per heavy atom. The molecule has 0 saturated heterocycles. The normalized spacial score (nSPS) is 11.7. The maximum atomic E-state index is 14.2. The second-order valence-electron chi connectivity index (χ2n) is 6.44. The zero-order chi connectivity index (χ0) is 20.7. The van der Waals surface area contributed by atoms with Crippen LogP contribution in [0.2, 0.25) is 0 Å². The van der Waals surface area contributed by atoms with Gasteiger partial charge in [-0.25, -0.2) is 4.79 Å². The standard InChI is InChI=1S/C24H23O4P/c1-3-27-24(25)18-23(20-16-14-19(2)15-17-20)28-29(26,21-10-6-4-7-11-21)22-12-8-5-9-13-22/h4-18H,3H2,1-2H3/b23-18+. The summed E-state index contributed by atoms with van der Waals surface area (Å²) in [5.41, 5.74) is 1.72. The van der Waals surface area contributed by atoms with E-state index in [1.54, 1.807) is 31.2 Å². The Bertz CT molecular complexity index is 982. The summed E-state index contributed by atoms with van der Waals surface area (Å²) in [5.74, 6) is -0.338.